The summed E-state index contributed by atoms with van der Waals surface area (Å²) in [5.41, 5.74) is 1.47. The lowest BCUT2D eigenvalue weighted by molar-refractivity contribution is -0.100. The molecule has 0 saturated heterocycles. The molecule has 1 heterocycles. The fourth-order valence-corrected chi connectivity index (χ4v) is 2.49. The Hall–Kier alpha value is -1.65. The number of ketones is 1. The van der Waals surface area contributed by atoms with E-state index in [1.807, 2.05) is 12.1 Å². The first-order chi connectivity index (χ1) is 8.74. The number of halogens is 2. The van der Waals surface area contributed by atoms with Crippen LogP contribution in [0.15, 0.2) is 42.5 Å². The van der Waals surface area contributed by atoms with Crippen molar-refractivity contribution in [1.29, 1.82) is 0 Å². The second-order valence-corrected chi connectivity index (χ2v) is 4.78. The Morgan fingerprint density at radius 3 is 2.67 bits per heavy atom. The Balaban J connectivity index is 2.11. The van der Waals surface area contributed by atoms with Crippen LogP contribution in [0, 0.1) is 5.82 Å². The largest absolute Gasteiger partial charge is 1.03 e. The van der Waals surface area contributed by atoms with Crippen LogP contribution in [-0.4, -0.2) is 15.8 Å². The number of hydrogen-bond acceptors (Lipinski definition) is 1. The molecule has 0 saturated carbocycles. The summed E-state index contributed by atoms with van der Waals surface area (Å²) in [6.45, 7) is 0. The lowest BCUT2D eigenvalue weighted by Crippen LogP contribution is -2.17. The molecule has 0 aromatic heterocycles. The Morgan fingerprint density at radius 1 is 1.11 bits per heavy atom. The molecular weight excluding hydrogens is 271 g/mol. The third-order valence-corrected chi connectivity index (χ3v) is 3.43. The summed E-state index contributed by atoms with van der Waals surface area (Å²) in [4.78, 5) is 0. The van der Waals surface area contributed by atoms with E-state index in [4.69, 9.17) is 20.1 Å². The second kappa shape index (κ2) is 4.55. The minimum atomic E-state index is -0.322. The first-order valence-corrected chi connectivity index (χ1v) is 6.45. The molecule has 2 aromatic rings. The lowest BCUT2D eigenvalue weighted by Gasteiger charge is -2.08. The van der Waals surface area contributed by atoms with E-state index < -0.39 is 0 Å². The topological polar surface area (TPSA) is 20.5 Å². The highest BCUT2D eigenvalue weighted by Gasteiger charge is 2.32. The minimum Gasteiger partial charge on any atom is -0.460 e. The summed E-state index contributed by atoms with van der Waals surface area (Å²) in [6, 6.07) is 11.6. The first kappa shape index (κ1) is 11.4. The molecule has 2 radical (unpaired) electrons. The van der Waals surface area contributed by atoms with Crippen molar-refractivity contribution in [2.75, 3.05) is 0 Å². The van der Waals surface area contributed by atoms with Gasteiger partial charge in [-0.2, -0.15) is 0 Å². The van der Waals surface area contributed by atoms with E-state index in [1.165, 1.54) is 12.1 Å². The molecule has 5 heteroatoms. The number of hydrogen-bond donors (Lipinski definition) is 0. The molecule has 0 atom stereocenters. The number of carbonyl (C=O) groups excluding carboxylic acids is 1. The van der Waals surface area contributed by atoms with E-state index in [1.54, 1.807) is 18.2 Å². The van der Waals surface area contributed by atoms with E-state index in [0.717, 1.165) is 5.56 Å². The molecule has 18 heavy (non-hydrogen) atoms. The van der Waals surface area contributed by atoms with Gasteiger partial charge in [-0.1, -0.05) is 11.6 Å². The summed E-state index contributed by atoms with van der Waals surface area (Å²) in [5, 5.41) is 0.647. The van der Waals surface area contributed by atoms with Crippen molar-refractivity contribution in [3.05, 3.63) is 64.4 Å². The molecule has 0 unspecified atom stereocenters. The fourth-order valence-electron chi connectivity index (χ4n) is 1.75. The third kappa shape index (κ3) is 2.05. The molecule has 0 fully saturated rings. The van der Waals surface area contributed by atoms with Crippen molar-refractivity contribution < 1.29 is 12.9 Å². The van der Waals surface area contributed by atoms with E-state index in [-0.39, 0.29) is 15.8 Å². The smallest absolute Gasteiger partial charge is 0.460 e. The Labute approximate surface area is 111 Å². The van der Waals surface area contributed by atoms with Gasteiger partial charge in [-0.3, -0.25) is 0 Å². The molecule has 2 nitrogen and oxygen atoms in total. The van der Waals surface area contributed by atoms with Crippen LogP contribution in [0.2, 0.25) is 5.02 Å². The van der Waals surface area contributed by atoms with Crippen LogP contribution in [0.3, 0.4) is 0 Å². The summed E-state index contributed by atoms with van der Waals surface area (Å²) in [5.74, 6) is 0.925. The number of rotatable bonds is 1. The fraction of sp³-hybridized carbons (Fsp3) is 0. The molecule has 88 valence electrons. The van der Waals surface area contributed by atoms with Gasteiger partial charge >= 0.3 is 15.8 Å². The van der Waals surface area contributed by atoms with Crippen LogP contribution in [0.4, 0.5) is 4.39 Å². The zero-order valence-electron chi connectivity index (χ0n) is 9.11. The maximum absolute atomic E-state index is 13.3. The van der Waals surface area contributed by atoms with Crippen molar-refractivity contribution in [2.24, 2.45) is 0 Å². The lowest BCUT2D eigenvalue weighted by atomic mass is 10.0. The zero-order valence-corrected chi connectivity index (χ0v) is 10.9. The maximum Gasteiger partial charge on any atom is 1.03 e. The zero-order chi connectivity index (χ0) is 12.5. The van der Waals surface area contributed by atoms with Gasteiger partial charge in [0.25, 0.3) is 0 Å². The molecule has 2 aromatic carbocycles. The highest BCUT2D eigenvalue weighted by Crippen LogP contribution is 2.26. The van der Waals surface area contributed by atoms with Crippen molar-refractivity contribution in [3.8, 4) is 5.75 Å². The Bertz CT molecular complexity index is 625. The van der Waals surface area contributed by atoms with E-state index in [2.05, 4.69) is 0 Å². The van der Waals surface area contributed by atoms with Gasteiger partial charge in [0.1, 0.15) is 17.1 Å². The van der Waals surface area contributed by atoms with Gasteiger partial charge in [0, 0.05) is 5.02 Å². The van der Waals surface area contributed by atoms with Gasteiger partial charge in [0.2, 0.25) is 0 Å². The van der Waals surface area contributed by atoms with Gasteiger partial charge in [-0.15, -0.1) is 0 Å². The normalized spacial score (nSPS) is 13.6. The average molecular weight is 278 g/mol. The van der Waals surface area contributed by atoms with Gasteiger partial charge in [0.15, 0.2) is 0 Å². The van der Waals surface area contributed by atoms with Crippen molar-refractivity contribution >= 4 is 27.4 Å². The Kier molecular flexibility index (Phi) is 2.89. The van der Waals surface area contributed by atoms with Crippen LogP contribution in [0.5, 0.6) is 5.75 Å². The maximum atomic E-state index is 13.3. The van der Waals surface area contributed by atoms with Crippen LogP contribution >= 0.6 is 11.6 Å². The first-order valence-electron chi connectivity index (χ1n) is 5.25. The standard InChI is InChI=1S/C13H7ClFO2Si/c14-9-3-1-8(2-4-9)13-11-7-10(15)5-6-12(11)16-18-17-13/h1-7H/q+1. The van der Waals surface area contributed by atoms with Crippen molar-refractivity contribution in [1.82, 2.24) is 0 Å². The van der Waals surface area contributed by atoms with Crippen LogP contribution in [0.25, 0.3) is 0 Å². The van der Waals surface area contributed by atoms with Crippen molar-refractivity contribution in [2.45, 2.75) is 0 Å². The van der Waals surface area contributed by atoms with Crippen LogP contribution < -0.4 is 4.43 Å². The summed E-state index contributed by atoms with van der Waals surface area (Å²) >= 11 is 5.84. The molecule has 1 aliphatic rings. The van der Waals surface area contributed by atoms with Gasteiger partial charge in [-0.25, -0.2) is 4.39 Å². The van der Waals surface area contributed by atoms with Gasteiger partial charge in [-0.05, 0) is 42.5 Å². The second-order valence-electron chi connectivity index (χ2n) is 3.76. The van der Waals surface area contributed by atoms with E-state index >= 15 is 0 Å². The molecule has 0 N–H and O–H groups in total. The van der Waals surface area contributed by atoms with Gasteiger partial charge < -0.3 is 8.54 Å². The molecule has 0 aliphatic carbocycles. The van der Waals surface area contributed by atoms with Crippen LogP contribution in [0.1, 0.15) is 15.2 Å². The summed E-state index contributed by atoms with van der Waals surface area (Å²) in [6.07, 6.45) is 0. The minimum absolute atomic E-state index is 0.124. The molecule has 3 rings (SSSR count). The predicted octanol–water partition coefficient (Wildman–Crippen LogP) is 3.17. The number of benzene rings is 2. The van der Waals surface area contributed by atoms with Gasteiger partial charge in [0.05, 0.1) is 5.56 Å². The monoisotopic (exact) mass is 277 g/mol. The molecule has 0 amide bonds. The van der Waals surface area contributed by atoms with E-state index in [0.29, 0.717) is 22.1 Å². The number of fused-ring (bicyclic) bond motifs is 1. The quantitative estimate of drug-likeness (QED) is 0.579. The predicted molar refractivity (Wildman–Crippen MR) is 67.7 cm³/mol. The third-order valence-electron chi connectivity index (χ3n) is 2.59. The Morgan fingerprint density at radius 2 is 1.89 bits per heavy atom. The average Bonchev–Trinajstić information content (AvgIpc) is 2.39. The molecule has 0 bridgehead atoms. The molecule has 0 spiro atoms. The molecular formula is C13H7ClFO2Si+. The summed E-state index contributed by atoms with van der Waals surface area (Å²) in [7, 11) is -0.124. The summed E-state index contributed by atoms with van der Waals surface area (Å²) < 4.78 is 24.1. The highest BCUT2D eigenvalue weighted by molar-refractivity contribution is 6.31. The van der Waals surface area contributed by atoms with Crippen molar-refractivity contribution in [3.63, 3.8) is 0 Å². The highest BCUT2D eigenvalue weighted by atomic mass is 35.5. The van der Waals surface area contributed by atoms with Crippen LogP contribution in [-0.2, 0) is 0 Å². The van der Waals surface area contributed by atoms with E-state index in [9.17, 15) is 4.39 Å². The SMILES string of the molecule is Fc1ccc2c(c1)C(c1ccc(Cl)cc1)=[O+][Si]O2. The molecule has 1 aliphatic heterocycles.